The Bertz CT molecular complexity index is 206. The lowest BCUT2D eigenvalue weighted by atomic mass is 10.1. The van der Waals surface area contributed by atoms with Crippen molar-refractivity contribution in [3.8, 4) is 0 Å². The first-order valence-electron chi connectivity index (χ1n) is 6.86. The van der Waals surface area contributed by atoms with E-state index in [0.717, 1.165) is 18.0 Å². The third-order valence-corrected chi connectivity index (χ3v) is 4.82. The summed E-state index contributed by atoms with van der Waals surface area (Å²) < 4.78 is 0. The second-order valence-corrected chi connectivity index (χ2v) is 6.62. The van der Waals surface area contributed by atoms with Gasteiger partial charge in [0.15, 0.2) is 0 Å². The summed E-state index contributed by atoms with van der Waals surface area (Å²) in [6.45, 7) is 8.44. The third-order valence-electron chi connectivity index (χ3n) is 3.94. The van der Waals surface area contributed by atoms with Gasteiger partial charge in [0.2, 0.25) is 0 Å². The van der Waals surface area contributed by atoms with Gasteiger partial charge in [-0.05, 0) is 44.4 Å². The summed E-state index contributed by atoms with van der Waals surface area (Å²) >= 11 is 2.07. The van der Waals surface area contributed by atoms with Gasteiger partial charge in [0, 0.05) is 30.9 Å². The predicted octanol–water partition coefficient (Wildman–Crippen LogP) is 2.20. The summed E-state index contributed by atoms with van der Waals surface area (Å²) in [6, 6.07) is 1.56. The van der Waals surface area contributed by atoms with Gasteiger partial charge in [0.05, 0.1) is 0 Å². The van der Waals surface area contributed by atoms with Gasteiger partial charge in [-0.15, -0.1) is 0 Å². The minimum absolute atomic E-state index is 0.772. The Morgan fingerprint density at radius 2 is 2.12 bits per heavy atom. The molecule has 2 fully saturated rings. The highest BCUT2D eigenvalue weighted by atomic mass is 32.2. The van der Waals surface area contributed by atoms with Crippen LogP contribution >= 0.6 is 11.8 Å². The van der Waals surface area contributed by atoms with E-state index in [1.807, 2.05) is 0 Å². The van der Waals surface area contributed by atoms with Crippen molar-refractivity contribution in [1.29, 1.82) is 0 Å². The molecular formula is C13H26N2S. The van der Waals surface area contributed by atoms with Crippen LogP contribution in [-0.4, -0.2) is 48.1 Å². The zero-order valence-electron chi connectivity index (χ0n) is 10.7. The summed E-state index contributed by atoms with van der Waals surface area (Å²) in [7, 11) is 0. The van der Waals surface area contributed by atoms with Gasteiger partial charge < -0.3 is 5.32 Å². The van der Waals surface area contributed by atoms with Gasteiger partial charge in [-0.3, -0.25) is 4.90 Å². The van der Waals surface area contributed by atoms with Crippen molar-refractivity contribution in [3.63, 3.8) is 0 Å². The minimum Gasteiger partial charge on any atom is -0.312 e. The molecule has 0 aromatic heterocycles. The van der Waals surface area contributed by atoms with Crippen LogP contribution in [0.15, 0.2) is 0 Å². The van der Waals surface area contributed by atoms with E-state index < -0.39 is 0 Å². The molecule has 3 heteroatoms. The molecule has 2 unspecified atom stereocenters. The van der Waals surface area contributed by atoms with Gasteiger partial charge in [-0.25, -0.2) is 0 Å². The van der Waals surface area contributed by atoms with E-state index in [-0.39, 0.29) is 0 Å². The van der Waals surface area contributed by atoms with Crippen LogP contribution in [0.3, 0.4) is 0 Å². The Hall–Kier alpha value is 0.270. The average molecular weight is 242 g/mol. The smallest absolute Gasteiger partial charge is 0.0223 e. The molecule has 94 valence electrons. The molecule has 2 atom stereocenters. The molecule has 1 saturated heterocycles. The third kappa shape index (κ3) is 3.64. The van der Waals surface area contributed by atoms with Crippen molar-refractivity contribution < 1.29 is 0 Å². The lowest BCUT2D eigenvalue weighted by molar-refractivity contribution is 0.211. The van der Waals surface area contributed by atoms with Crippen LogP contribution in [0.25, 0.3) is 0 Å². The van der Waals surface area contributed by atoms with Gasteiger partial charge >= 0.3 is 0 Å². The fraction of sp³-hybridized carbons (Fsp3) is 1.00. The molecule has 1 N–H and O–H groups in total. The van der Waals surface area contributed by atoms with E-state index in [9.17, 15) is 0 Å². The number of rotatable bonds is 5. The van der Waals surface area contributed by atoms with Gasteiger partial charge in [-0.1, -0.05) is 6.92 Å². The zero-order valence-corrected chi connectivity index (χ0v) is 11.6. The Balaban J connectivity index is 1.80. The fourth-order valence-electron chi connectivity index (χ4n) is 2.61. The molecular weight excluding hydrogens is 216 g/mol. The standard InChI is InChI=1S/C13H26N2S/c1-3-16-9-8-15-10-13(12-4-5-12)14-7-6-11(15)2/h11-14H,3-10H2,1-2H3. The van der Waals surface area contributed by atoms with E-state index in [0.29, 0.717) is 0 Å². The largest absolute Gasteiger partial charge is 0.312 e. The monoisotopic (exact) mass is 242 g/mol. The summed E-state index contributed by atoms with van der Waals surface area (Å²) in [5.74, 6) is 3.55. The van der Waals surface area contributed by atoms with Gasteiger partial charge in [0.25, 0.3) is 0 Å². The molecule has 2 aliphatic rings. The first-order chi connectivity index (χ1) is 7.81. The highest BCUT2D eigenvalue weighted by Crippen LogP contribution is 2.34. The second kappa shape index (κ2) is 6.27. The molecule has 1 aliphatic heterocycles. The van der Waals surface area contributed by atoms with E-state index in [2.05, 4.69) is 35.8 Å². The molecule has 2 nitrogen and oxygen atoms in total. The highest BCUT2D eigenvalue weighted by Gasteiger charge is 2.34. The molecule has 1 heterocycles. The molecule has 0 amide bonds. The van der Waals surface area contributed by atoms with E-state index in [1.54, 1.807) is 0 Å². The van der Waals surface area contributed by atoms with Crippen LogP contribution in [-0.2, 0) is 0 Å². The Morgan fingerprint density at radius 1 is 1.31 bits per heavy atom. The topological polar surface area (TPSA) is 15.3 Å². The predicted molar refractivity (Wildman–Crippen MR) is 73.2 cm³/mol. The van der Waals surface area contributed by atoms with Crippen molar-refractivity contribution in [2.45, 2.75) is 45.2 Å². The Morgan fingerprint density at radius 3 is 2.81 bits per heavy atom. The van der Waals surface area contributed by atoms with E-state index >= 15 is 0 Å². The maximum Gasteiger partial charge on any atom is 0.0223 e. The van der Waals surface area contributed by atoms with Crippen molar-refractivity contribution in [2.75, 3.05) is 31.1 Å². The van der Waals surface area contributed by atoms with Crippen molar-refractivity contribution in [2.24, 2.45) is 5.92 Å². The van der Waals surface area contributed by atoms with Crippen molar-refractivity contribution in [3.05, 3.63) is 0 Å². The van der Waals surface area contributed by atoms with E-state index in [4.69, 9.17) is 0 Å². The lowest BCUT2D eigenvalue weighted by Gasteiger charge is -2.28. The molecule has 0 aromatic carbocycles. The molecule has 1 aliphatic carbocycles. The Labute approximate surface area is 105 Å². The normalized spacial score (nSPS) is 32.6. The van der Waals surface area contributed by atoms with Crippen LogP contribution in [0.4, 0.5) is 0 Å². The first-order valence-corrected chi connectivity index (χ1v) is 8.02. The van der Waals surface area contributed by atoms with Crippen molar-refractivity contribution in [1.82, 2.24) is 10.2 Å². The van der Waals surface area contributed by atoms with Gasteiger partial charge in [-0.2, -0.15) is 11.8 Å². The second-order valence-electron chi connectivity index (χ2n) is 5.23. The van der Waals surface area contributed by atoms with Crippen LogP contribution in [0.5, 0.6) is 0 Å². The van der Waals surface area contributed by atoms with Crippen LogP contribution in [0.1, 0.15) is 33.1 Å². The number of nitrogens with one attached hydrogen (secondary N) is 1. The van der Waals surface area contributed by atoms with E-state index in [1.165, 1.54) is 50.4 Å². The fourth-order valence-corrected chi connectivity index (χ4v) is 3.26. The number of hydrogen-bond donors (Lipinski definition) is 1. The number of thioether (sulfide) groups is 1. The molecule has 0 bridgehead atoms. The maximum absolute atomic E-state index is 3.75. The van der Waals surface area contributed by atoms with Crippen LogP contribution < -0.4 is 5.32 Å². The maximum atomic E-state index is 3.75. The zero-order chi connectivity index (χ0) is 11.4. The van der Waals surface area contributed by atoms with Crippen molar-refractivity contribution >= 4 is 11.8 Å². The highest BCUT2D eigenvalue weighted by molar-refractivity contribution is 7.99. The quantitative estimate of drug-likeness (QED) is 0.744. The van der Waals surface area contributed by atoms with Crippen LogP contribution in [0, 0.1) is 5.92 Å². The molecule has 16 heavy (non-hydrogen) atoms. The molecule has 2 rings (SSSR count). The number of hydrogen-bond acceptors (Lipinski definition) is 3. The number of nitrogens with zero attached hydrogens (tertiary/aromatic N) is 1. The molecule has 1 saturated carbocycles. The summed E-state index contributed by atoms with van der Waals surface area (Å²) in [6.07, 6.45) is 4.24. The Kier molecular flexibility index (Phi) is 4.98. The SMILES string of the molecule is CCSCCN1CC(C2CC2)NCCC1C. The summed E-state index contributed by atoms with van der Waals surface area (Å²) in [4.78, 5) is 2.71. The molecule has 0 radical (unpaired) electrons. The molecule has 0 aromatic rings. The summed E-state index contributed by atoms with van der Waals surface area (Å²) in [5.41, 5.74) is 0. The van der Waals surface area contributed by atoms with Crippen LogP contribution in [0.2, 0.25) is 0 Å². The first kappa shape index (κ1) is 12.7. The molecule has 0 spiro atoms. The lowest BCUT2D eigenvalue weighted by Crippen LogP contribution is -2.42. The van der Waals surface area contributed by atoms with Gasteiger partial charge in [0.1, 0.15) is 0 Å². The minimum atomic E-state index is 0.772. The average Bonchev–Trinajstić information content (AvgIpc) is 3.08. The summed E-state index contributed by atoms with van der Waals surface area (Å²) in [5, 5.41) is 3.75.